The van der Waals surface area contributed by atoms with Crippen molar-refractivity contribution in [3.8, 4) is 12.3 Å². The van der Waals surface area contributed by atoms with Crippen molar-refractivity contribution in [2.45, 2.75) is 12.5 Å². The largest absolute Gasteiger partial charge is 0.354 e. The van der Waals surface area contributed by atoms with Crippen LogP contribution in [0.3, 0.4) is 0 Å². The smallest absolute Gasteiger partial charge is 0.250 e. The van der Waals surface area contributed by atoms with E-state index in [4.69, 9.17) is 6.42 Å². The predicted octanol–water partition coefficient (Wildman–Crippen LogP) is 2.85. The lowest BCUT2D eigenvalue weighted by Crippen LogP contribution is -2.27. The third kappa shape index (κ3) is 3.80. The van der Waals surface area contributed by atoms with E-state index in [-0.39, 0.29) is 11.9 Å². The summed E-state index contributed by atoms with van der Waals surface area (Å²) in [5.41, 5.74) is 1.48. The Labute approximate surface area is 175 Å². The first kappa shape index (κ1) is 19.4. The van der Waals surface area contributed by atoms with Crippen LogP contribution >= 0.6 is 0 Å². The van der Waals surface area contributed by atoms with E-state index in [1.807, 2.05) is 24.3 Å². The Kier molecular flexibility index (Phi) is 5.31. The highest BCUT2D eigenvalue weighted by atomic mass is 16.2. The zero-order valence-electron chi connectivity index (χ0n) is 16.7. The van der Waals surface area contributed by atoms with Gasteiger partial charge >= 0.3 is 0 Å². The lowest BCUT2D eigenvalue weighted by Gasteiger charge is -2.21. The summed E-state index contributed by atoms with van der Waals surface area (Å²) in [5.74, 6) is 3.88. The summed E-state index contributed by atoms with van der Waals surface area (Å²) in [7, 11) is 1.74. The van der Waals surface area contributed by atoms with Gasteiger partial charge in [0.15, 0.2) is 0 Å². The highest BCUT2D eigenvalue weighted by Gasteiger charge is 2.25. The summed E-state index contributed by atoms with van der Waals surface area (Å²) < 4.78 is 0. The van der Waals surface area contributed by atoms with Crippen LogP contribution in [0.4, 0.5) is 17.5 Å². The summed E-state index contributed by atoms with van der Waals surface area (Å²) in [4.78, 5) is 28.9. The maximum absolute atomic E-state index is 11.9. The van der Waals surface area contributed by atoms with E-state index < -0.39 is 0 Å². The van der Waals surface area contributed by atoms with E-state index in [0.717, 1.165) is 41.8 Å². The molecule has 4 rings (SSSR count). The fraction of sp³-hybridized carbons (Fsp3) is 0.217. The average molecular weight is 398 g/mol. The highest BCUT2D eigenvalue weighted by Crippen LogP contribution is 2.30. The number of carbonyl (C=O) groups is 1. The molecule has 3 aromatic rings. The number of aromatic nitrogens is 3. The number of hydrogen-bond acceptors (Lipinski definition) is 6. The van der Waals surface area contributed by atoms with E-state index in [1.54, 1.807) is 30.5 Å². The molecule has 30 heavy (non-hydrogen) atoms. The molecule has 7 heteroatoms. The molecule has 1 aliphatic rings. The van der Waals surface area contributed by atoms with E-state index in [1.165, 1.54) is 6.08 Å². The quantitative estimate of drug-likeness (QED) is 0.526. The molecular weight excluding hydrogens is 376 g/mol. The Morgan fingerprint density at radius 1 is 1.33 bits per heavy atom. The van der Waals surface area contributed by atoms with Crippen LogP contribution in [0.1, 0.15) is 12.0 Å². The minimum Gasteiger partial charge on any atom is -0.354 e. The van der Waals surface area contributed by atoms with Crippen molar-refractivity contribution in [1.29, 1.82) is 0 Å². The molecule has 150 valence electrons. The maximum Gasteiger partial charge on any atom is 0.250 e. The first-order chi connectivity index (χ1) is 14.6. The van der Waals surface area contributed by atoms with Crippen LogP contribution in [0.15, 0.2) is 55.5 Å². The second-order valence-corrected chi connectivity index (χ2v) is 7.16. The van der Waals surface area contributed by atoms with Crippen LogP contribution in [0, 0.1) is 12.3 Å². The Hall–Kier alpha value is -3.92. The molecule has 1 saturated heterocycles. The molecule has 2 aromatic heterocycles. The average Bonchev–Trinajstić information content (AvgIpc) is 3.26. The van der Waals surface area contributed by atoms with E-state index in [0.29, 0.717) is 11.5 Å². The van der Waals surface area contributed by atoms with E-state index >= 15 is 0 Å². The summed E-state index contributed by atoms with van der Waals surface area (Å²) in [6.07, 6.45) is 12.7. The first-order valence-corrected chi connectivity index (χ1v) is 9.68. The first-order valence-electron chi connectivity index (χ1n) is 9.68. The molecule has 1 amide bonds. The Balaban J connectivity index is 1.52. The molecule has 1 aromatic carbocycles. The fourth-order valence-corrected chi connectivity index (χ4v) is 3.60. The van der Waals surface area contributed by atoms with Crippen molar-refractivity contribution in [1.82, 2.24) is 15.0 Å². The Bertz CT molecular complexity index is 1130. The fourth-order valence-electron chi connectivity index (χ4n) is 3.60. The highest BCUT2D eigenvalue weighted by molar-refractivity contribution is 6.03. The zero-order valence-corrected chi connectivity index (χ0v) is 16.7. The molecule has 1 unspecified atom stereocenters. The lowest BCUT2D eigenvalue weighted by molar-refractivity contribution is -0.113. The van der Waals surface area contributed by atoms with Crippen molar-refractivity contribution in [3.63, 3.8) is 0 Å². The van der Waals surface area contributed by atoms with Gasteiger partial charge in [-0.25, -0.2) is 15.0 Å². The number of carbonyl (C=O) groups excluding carboxylic acids is 1. The van der Waals surface area contributed by atoms with E-state index in [9.17, 15) is 4.79 Å². The third-order valence-corrected chi connectivity index (χ3v) is 5.26. The normalized spacial score (nSPS) is 15.6. The van der Waals surface area contributed by atoms with Crippen LogP contribution in [-0.2, 0) is 4.79 Å². The van der Waals surface area contributed by atoms with Crippen LogP contribution in [-0.4, -0.2) is 47.0 Å². The van der Waals surface area contributed by atoms with Crippen molar-refractivity contribution in [2.75, 3.05) is 35.3 Å². The predicted molar refractivity (Wildman–Crippen MR) is 120 cm³/mol. The van der Waals surface area contributed by atoms with Crippen molar-refractivity contribution in [3.05, 3.63) is 61.1 Å². The molecule has 1 fully saturated rings. The molecule has 7 nitrogen and oxygen atoms in total. The molecule has 0 spiro atoms. The number of fused-ring (bicyclic) bond motifs is 1. The summed E-state index contributed by atoms with van der Waals surface area (Å²) in [5, 5.41) is 5.45. The van der Waals surface area contributed by atoms with Gasteiger partial charge in [-0.1, -0.05) is 12.5 Å². The van der Waals surface area contributed by atoms with Gasteiger partial charge in [0.25, 0.3) is 0 Å². The lowest BCUT2D eigenvalue weighted by atomic mass is 10.1. The summed E-state index contributed by atoms with van der Waals surface area (Å²) >= 11 is 0. The molecular formula is C23H22N6O. The number of anilines is 3. The summed E-state index contributed by atoms with van der Waals surface area (Å²) in [6.45, 7) is 5.22. The molecule has 3 heterocycles. The van der Waals surface area contributed by atoms with Gasteiger partial charge in [-0.3, -0.25) is 4.79 Å². The number of amides is 1. The molecule has 0 aliphatic carbocycles. The van der Waals surface area contributed by atoms with Crippen LogP contribution in [0.25, 0.3) is 10.8 Å². The number of pyridine rings is 1. The molecule has 1 N–H and O–H groups in total. The minimum atomic E-state index is -0.144. The molecule has 1 aliphatic heterocycles. The standard InChI is InChI=1S/C23H22N6O/c1-4-16-13-25-23(26-14-16)27-18-9-11-29(15-18)22-20-7-6-19(28(3)21(30)5-2)12-17(20)8-10-24-22/h1,5-8,10,12-14,18H,2,9,11,15H2,3H3,(H,25,26,27). The number of likely N-dealkylation sites (N-methyl/N-ethyl adjacent to an activating group) is 1. The second kappa shape index (κ2) is 8.21. The molecule has 0 bridgehead atoms. The van der Waals surface area contributed by atoms with Gasteiger partial charge in [-0.2, -0.15) is 0 Å². The van der Waals surface area contributed by atoms with Gasteiger partial charge in [0.05, 0.1) is 5.56 Å². The number of nitrogens with zero attached hydrogens (tertiary/aromatic N) is 5. The van der Waals surface area contributed by atoms with Gasteiger partial charge in [0.2, 0.25) is 11.9 Å². The topological polar surface area (TPSA) is 74.2 Å². The van der Waals surface area contributed by atoms with Crippen LogP contribution in [0.2, 0.25) is 0 Å². The second-order valence-electron chi connectivity index (χ2n) is 7.16. The minimum absolute atomic E-state index is 0.144. The van der Waals surface area contributed by atoms with Gasteiger partial charge in [-0.15, -0.1) is 6.42 Å². The number of rotatable bonds is 5. The van der Waals surface area contributed by atoms with Crippen LogP contribution < -0.4 is 15.1 Å². The Morgan fingerprint density at radius 3 is 2.87 bits per heavy atom. The van der Waals surface area contributed by atoms with Gasteiger partial charge in [0, 0.05) is 55.8 Å². The molecule has 0 saturated carbocycles. The number of nitrogens with one attached hydrogen (secondary N) is 1. The van der Waals surface area contributed by atoms with Gasteiger partial charge < -0.3 is 15.1 Å². The molecule has 0 radical (unpaired) electrons. The van der Waals surface area contributed by atoms with Crippen molar-refractivity contribution >= 4 is 34.1 Å². The van der Waals surface area contributed by atoms with Crippen molar-refractivity contribution in [2.24, 2.45) is 0 Å². The van der Waals surface area contributed by atoms with Crippen LogP contribution in [0.5, 0.6) is 0 Å². The summed E-state index contributed by atoms with van der Waals surface area (Å²) in [6, 6.07) is 8.12. The van der Waals surface area contributed by atoms with Gasteiger partial charge in [-0.05, 0) is 42.1 Å². The number of benzene rings is 1. The van der Waals surface area contributed by atoms with E-state index in [2.05, 4.69) is 37.7 Å². The third-order valence-electron chi connectivity index (χ3n) is 5.26. The number of terminal acetylenes is 1. The van der Waals surface area contributed by atoms with Crippen molar-refractivity contribution < 1.29 is 4.79 Å². The number of hydrogen-bond donors (Lipinski definition) is 1. The SMILES string of the molecule is C#Cc1cnc(NC2CCN(c3nccc4cc(N(C)C(=O)C=C)ccc34)C2)nc1. The maximum atomic E-state index is 11.9. The Morgan fingerprint density at radius 2 is 2.13 bits per heavy atom. The van der Waals surface area contributed by atoms with Gasteiger partial charge in [0.1, 0.15) is 5.82 Å². The zero-order chi connectivity index (χ0) is 21.1. The monoisotopic (exact) mass is 398 g/mol. The molecule has 1 atom stereocenters.